The first-order chi connectivity index (χ1) is 7.86. The van der Waals surface area contributed by atoms with Crippen LogP contribution in [0.2, 0.25) is 0 Å². The Hall–Kier alpha value is -1.57. The Morgan fingerprint density at radius 2 is 1.82 bits per heavy atom. The van der Waals surface area contributed by atoms with Crippen molar-refractivity contribution in [2.45, 2.75) is 40.0 Å². The molecule has 0 unspecified atom stereocenters. The molecule has 0 radical (unpaired) electrons. The van der Waals surface area contributed by atoms with Crippen molar-refractivity contribution in [3.8, 4) is 0 Å². The number of allylic oxidation sites excluding steroid dienone is 1. The largest absolute Gasteiger partial charge is 0.322 e. The van der Waals surface area contributed by atoms with Gasteiger partial charge >= 0.3 is 0 Å². The van der Waals surface area contributed by atoms with Gasteiger partial charge in [-0.3, -0.25) is 4.79 Å². The van der Waals surface area contributed by atoms with E-state index in [9.17, 15) is 4.79 Å². The molecule has 0 bridgehead atoms. The molecule has 0 aliphatic rings. The Morgan fingerprint density at radius 3 is 2.35 bits per heavy atom. The van der Waals surface area contributed by atoms with E-state index in [1.54, 1.807) is 0 Å². The molecular formula is C15H21NO. The first-order valence-corrected chi connectivity index (χ1v) is 5.90. The molecule has 2 nitrogen and oxygen atoms in total. The molecule has 0 aromatic heterocycles. The van der Waals surface area contributed by atoms with Crippen molar-refractivity contribution in [3.63, 3.8) is 0 Å². The second kappa shape index (κ2) is 5.17. The Morgan fingerprint density at radius 1 is 1.24 bits per heavy atom. The van der Waals surface area contributed by atoms with E-state index in [0.29, 0.717) is 0 Å². The van der Waals surface area contributed by atoms with Crippen LogP contribution in [0.25, 0.3) is 0 Å². The summed E-state index contributed by atoms with van der Waals surface area (Å²) in [4.78, 5) is 11.8. The van der Waals surface area contributed by atoms with Gasteiger partial charge in [-0.15, -0.1) is 0 Å². The highest BCUT2D eigenvalue weighted by Crippen LogP contribution is 2.29. The minimum atomic E-state index is -0.0378. The van der Waals surface area contributed by atoms with Crippen molar-refractivity contribution >= 4 is 11.6 Å². The minimum absolute atomic E-state index is 0.0215. The zero-order valence-electron chi connectivity index (χ0n) is 11.3. The van der Waals surface area contributed by atoms with Gasteiger partial charge in [-0.25, -0.2) is 0 Å². The molecule has 0 spiro atoms. The summed E-state index contributed by atoms with van der Waals surface area (Å²) < 4.78 is 0. The van der Waals surface area contributed by atoms with Crippen LogP contribution in [-0.2, 0) is 10.2 Å². The number of nitrogens with one attached hydrogen (secondary N) is 1. The molecule has 92 valence electrons. The van der Waals surface area contributed by atoms with Crippen LogP contribution in [0.5, 0.6) is 0 Å². The van der Waals surface area contributed by atoms with Crippen LogP contribution in [0.4, 0.5) is 5.69 Å². The van der Waals surface area contributed by atoms with Crippen LogP contribution < -0.4 is 5.32 Å². The maximum absolute atomic E-state index is 11.8. The zero-order valence-corrected chi connectivity index (χ0v) is 11.3. The van der Waals surface area contributed by atoms with Crippen LogP contribution >= 0.6 is 0 Å². The SMILES string of the molecule is C/C=C(\C)C(=O)Nc1ccccc1C(C)(C)C. The van der Waals surface area contributed by atoms with E-state index < -0.39 is 0 Å². The first kappa shape index (κ1) is 13.5. The maximum atomic E-state index is 11.8. The third-order valence-electron chi connectivity index (χ3n) is 2.77. The van der Waals surface area contributed by atoms with Gasteiger partial charge in [0.05, 0.1) is 0 Å². The summed E-state index contributed by atoms with van der Waals surface area (Å²) in [5.41, 5.74) is 2.80. The molecule has 0 saturated heterocycles. The summed E-state index contributed by atoms with van der Waals surface area (Å²) in [5.74, 6) is -0.0378. The molecule has 17 heavy (non-hydrogen) atoms. The lowest BCUT2D eigenvalue weighted by Gasteiger charge is -2.23. The Kier molecular flexibility index (Phi) is 4.11. The average molecular weight is 231 g/mol. The van der Waals surface area contributed by atoms with Crippen molar-refractivity contribution in [3.05, 3.63) is 41.5 Å². The lowest BCUT2D eigenvalue weighted by molar-refractivity contribution is -0.112. The fourth-order valence-corrected chi connectivity index (χ4v) is 1.60. The molecule has 0 heterocycles. The van der Waals surface area contributed by atoms with Crippen molar-refractivity contribution in [1.82, 2.24) is 0 Å². The first-order valence-electron chi connectivity index (χ1n) is 5.90. The van der Waals surface area contributed by atoms with Crippen molar-refractivity contribution in [2.75, 3.05) is 5.32 Å². The number of benzene rings is 1. The standard InChI is InChI=1S/C15H21NO/c1-6-11(2)14(17)16-13-10-8-7-9-12(13)15(3,4)5/h6-10H,1-5H3,(H,16,17)/b11-6+. The van der Waals surface area contributed by atoms with E-state index in [0.717, 1.165) is 16.8 Å². The van der Waals surface area contributed by atoms with E-state index in [2.05, 4.69) is 32.2 Å². The third kappa shape index (κ3) is 3.45. The lowest BCUT2D eigenvalue weighted by Crippen LogP contribution is -2.19. The number of carbonyl (C=O) groups excluding carboxylic acids is 1. The molecule has 1 N–H and O–H groups in total. The minimum Gasteiger partial charge on any atom is -0.322 e. The van der Waals surface area contributed by atoms with E-state index in [1.807, 2.05) is 38.1 Å². The number of para-hydroxylation sites is 1. The van der Waals surface area contributed by atoms with Crippen molar-refractivity contribution < 1.29 is 4.79 Å². The number of hydrogen-bond donors (Lipinski definition) is 1. The monoisotopic (exact) mass is 231 g/mol. The predicted octanol–water partition coefficient (Wildman–Crippen LogP) is 3.89. The predicted molar refractivity (Wildman–Crippen MR) is 73.2 cm³/mol. The van der Waals surface area contributed by atoms with Crippen LogP contribution in [0, 0.1) is 0 Å². The van der Waals surface area contributed by atoms with Gasteiger partial charge in [0.15, 0.2) is 0 Å². The Labute approximate surface area is 104 Å². The van der Waals surface area contributed by atoms with Gasteiger partial charge in [-0.05, 0) is 30.9 Å². The molecule has 1 amide bonds. The highest BCUT2D eigenvalue weighted by Gasteiger charge is 2.18. The molecule has 1 aromatic carbocycles. The highest BCUT2D eigenvalue weighted by molar-refractivity contribution is 6.03. The second-order valence-corrected chi connectivity index (χ2v) is 5.22. The summed E-state index contributed by atoms with van der Waals surface area (Å²) in [6.07, 6.45) is 1.81. The summed E-state index contributed by atoms with van der Waals surface area (Å²) in [5, 5.41) is 2.96. The molecule has 0 aliphatic heterocycles. The smallest absolute Gasteiger partial charge is 0.250 e. The van der Waals surface area contributed by atoms with Crippen LogP contribution in [0.1, 0.15) is 40.2 Å². The molecule has 0 saturated carbocycles. The fraction of sp³-hybridized carbons (Fsp3) is 0.400. The van der Waals surface area contributed by atoms with Gasteiger partial charge in [0, 0.05) is 11.3 Å². The third-order valence-corrected chi connectivity index (χ3v) is 2.77. The number of anilines is 1. The highest BCUT2D eigenvalue weighted by atomic mass is 16.1. The Bertz CT molecular complexity index is 438. The van der Waals surface area contributed by atoms with Crippen molar-refractivity contribution in [2.24, 2.45) is 0 Å². The van der Waals surface area contributed by atoms with Crippen molar-refractivity contribution in [1.29, 1.82) is 0 Å². The summed E-state index contributed by atoms with van der Waals surface area (Å²) in [7, 11) is 0. The number of amides is 1. The second-order valence-electron chi connectivity index (χ2n) is 5.22. The van der Waals surface area contributed by atoms with Crippen LogP contribution in [0.3, 0.4) is 0 Å². The van der Waals surface area contributed by atoms with Crippen LogP contribution in [0.15, 0.2) is 35.9 Å². The molecule has 1 aromatic rings. The molecule has 2 heteroatoms. The van der Waals surface area contributed by atoms with Gasteiger partial charge in [0.2, 0.25) is 0 Å². The molecular weight excluding hydrogens is 210 g/mol. The molecule has 0 aliphatic carbocycles. The number of rotatable bonds is 2. The zero-order chi connectivity index (χ0) is 13.1. The van der Waals surface area contributed by atoms with E-state index in [-0.39, 0.29) is 11.3 Å². The molecule has 1 rings (SSSR count). The Balaban J connectivity index is 3.04. The fourth-order valence-electron chi connectivity index (χ4n) is 1.60. The number of hydrogen-bond acceptors (Lipinski definition) is 1. The summed E-state index contributed by atoms with van der Waals surface area (Å²) >= 11 is 0. The molecule has 0 atom stereocenters. The van der Waals surface area contributed by atoms with Gasteiger partial charge in [0.25, 0.3) is 5.91 Å². The quantitative estimate of drug-likeness (QED) is 0.769. The number of carbonyl (C=O) groups is 1. The van der Waals surface area contributed by atoms with Gasteiger partial charge < -0.3 is 5.32 Å². The van der Waals surface area contributed by atoms with E-state index >= 15 is 0 Å². The van der Waals surface area contributed by atoms with Gasteiger partial charge in [0.1, 0.15) is 0 Å². The van der Waals surface area contributed by atoms with Crippen LogP contribution in [-0.4, -0.2) is 5.91 Å². The van der Waals surface area contributed by atoms with Gasteiger partial charge in [-0.1, -0.05) is 45.0 Å². The normalized spacial score (nSPS) is 12.4. The maximum Gasteiger partial charge on any atom is 0.250 e. The average Bonchev–Trinajstić information content (AvgIpc) is 2.27. The molecule has 0 fully saturated rings. The van der Waals surface area contributed by atoms with E-state index in [4.69, 9.17) is 0 Å². The van der Waals surface area contributed by atoms with Gasteiger partial charge in [-0.2, -0.15) is 0 Å². The lowest BCUT2D eigenvalue weighted by atomic mass is 9.86. The van der Waals surface area contributed by atoms with E-state index in [1.165, 1.54) is 0 Å². The topological polar surface area (TPSA) is 29.1 Å². The summed E-state index contributed by atoms with van der Waals surface area (Å²) in [6.45, 7) is 10.1. The summed E-state index contributed by atoms with van der Waals surface area (Å²) in [6, 6.07) is 7.94.